The van der Waals surface area contributed by atoms with Gasteiger partial charge in [0.15, 0.2) is 0 Å². The number of nitrogens with zero attached hydrogens (tertiary/aromatic N) is 4. The zero-order valence-electron chi connectivity index (χ0n) is 24.6. The standard InChI is InChI=1S/C32H38N8/c1-31(2,3)27(34-7)29-37-22-12-9-18(15-24(22)39-29)20-11-14-21(36-26(20)17-33)19-10-13-23-25(16-19)40-30(38-23)28(35-8)32(4,5)6/h9-16,27-28,34-35H,1-8H3,(H,37,39)(H,38,40)/t27-,28-/m1/s1. The third kappa shape index (κ3) is 5.10. The maximum Gasteiger partial charge on any atom is 0.148 e. The number of nitriles is 1. The largest absolute Gasteiger partial charge is 0.341 e. The molecule has 2 aromatic carbocycles. The first-order valence-electron chi connectivity index (χ1n) is 13.7. The highest BCUT2D eigenvalue weighted by molar-refractivity contribution is 5.85. The fourth-order valence-electron chi connectivity index (χ4n) is 5.56. The van der Waals surface area contributed by atoms with Crippen LogP contribution in [-0.2, 0) is 0 Å². The molecule has 8 heteroatoms. The smallest absolute Gasteiger partial charge is 0.148 e. The zero-order chi connectivity index (χ0) is 28.8. The third-order valence-corrected chi connectivity index (χ3v) is 7.46. The normalized spacial score (nSPS) is 14.0. The van der Waals surface area contributed by atoms with Crippen molar-refractivity contribution in [1.29, 1.82) is 5.26 Å². The summed E-state index contributed by atoms with van der Waals surface area (Å²) in [6, 6.07) is 18.5. The second kappa shape index (κ2) is 10.2. The molecule has 2 atom stereocenters. The van der Waals surface area contributed by atoms with Gasteiger partial charge in [-0.1, -0.05) is 53.7 Å². The number of aromatic amines is 2. The number of hydrogen-bond acceptors (Lipinski definition) is 6. The van der Waals surface area contributed by atoms with Crippen LogP contribution in [0.4, 0.5) is 0 Å². The SMILES string of the molecule is CN[C@H](c1nc2ccc(-c3ccc(-c4ccc5nc([C@@H](NC)C(C)(C)C)[nH]c5c4)c(C#N)n3)cc2[nH]1)C(C)(C)C. The van der Waals surface area contributed by atoms with Crippen molar-refractivity contribution in [3.8, 4) is 28.5 Å². The van der Waals surface area contributed by atoms with E-state index in [1.54, 1.807) is 0 Å². The first kappa shape index (κ1) is 27.5. The molecular weight excluding hydrogens is 496 g/mol. The zero-order valence-corrected chi connectivity index (χ0v) is 24.6. The number of fused-ring (bicyclic) bond motifs is 2. The van der Waals surface area contributed by atoms with E-state index in [2.05, 4.69) is 74.3 Å². The van der Waals surface area contributed by atoms with Gasteiger partial charge in [-0.2, -0.15) is 5.26 Å². The molecule has 0 aliphatic heterocycles. The van der Waals surface area contributed by atoms with Crippen LogP contribution in [0.5, 0.6) is 0 Å². The molecule has 3 heterocycles. The second-order valence-corrected chi connectivity index (χ2v) is 12.6. The highest BCUT2D eigenvalue weighted by Crippen LogP contribution is 2.35. The number of imidazole rings is 2. The van der Waals surface area contributed by atoms with E-state index in [1.807, 2.05) is 56.6 Å². The van der Waals surface area contributed by atoms with Crippen molar-refractivity contribution in [3.05, 3.63) is 65.9 Å². The van der Waals surface area contributed by atoms with Crippen LogP contribution in [0.3, 0.4) is 0 Å². The van der Waals surface area contributed by atoms with Crippen molar-refractivity contribution in [2.75, 3.05) is 14.1 Å². The van der Waals surface area contributed by atoms with E-state index in [0.29, 0.717) is 5.69 Å². The topological polar surface area (TPSA) is 118 Å². The van der Waals surface area contributed by atoms with Crippen molar-refractivity contribution >= 4 is 22.1 Å². The monoisotopic (exact) mass is 534 g/mol. The van der Waals surface area contributed by atoms with Gasteiger partial charge < -0.3 is 20.6 Å². The summed E-state index contributed by atoms with van der Waals surface area (Å²) in [7, 11) is 3.91. The molecule has 0 aliphatic rings. The molecule has 0 amide bonds. The first-order valence-corrected chi connectivity index (χ1v) is 13.7. The van der Waals surface area contributed by atoms with Gasteiger partial charge in [0.2, 0.25) is 0 Å². The summed E-state index contributed by atoms with van der Waals surface area (Å²) >= 11 is 0. The molecule has 5 rings (SSSR count). The van der Waals surface area contributed by atoms with Crippen LogP contribution in [0.2, 0.25) is 0 Å². The van der Waals surface area contributed by atoms with Gasteiger partial charge in [0.1, 0.15) is 23.4 Å². The summed E-state index contributed by atoms with van der Waals surface area (Å²) in [4.78, 5) is 21.4. The van der Waals surface area contributed by atoms with Crippen molar-refractivity contribution in [2.45, 2.75) is 53.6 Å². The second-order valence-electron chi connectivity index (χ2n) is 12.6. The minimum Gasteiger partial charge on any atom is -0.341 e. The summed E-state index contributed by atoms with van der Waals surface area (Å²) in [6.07, 6.45) is 0. The lowest BCUT2D eigenvalue weighted by Crippen LogP contribution is -2.30. The Hall–Kier alpha value is -4.06. The van der Waals surface area contributed by atoms with E-state index in [-0.39, 0.29) is 22.9 Å². The average Bonchev–Trinajstić information content (AvgIpc) is 3.50. The fraction of sp³-hybridized carbons (Fsp3) is 0.375. The van der Waals surface area contributed by atoms with Crippen molar-refractivity contribution in [3.63, 3.8) is 0 Å². The summed E-state index contributed by atoms with van der Waals surface area (Å²) in [5.41, 5.74) is 7.44. The van der Waals surface area contributed by atoms with E-state index in [0.717, 1.165) is 56.1 Å². The average molecular weight is 535 g/mol. The maximum atomic E-state index is 10.0. The molecule has 0 fully saturated rings. The van der Waals surface area contributed by atoms with Crippen LogP contribution >= 0.6 is 0 Å². The Balaban J connectivity index is 1.49. The van der Waals surface area contributed by atoms with Gasteiger partial charge in [-0.15, -0.1) is 0 Å². The van der Waals surface area contributed by atoms with E-state index < -0.39 is 0 Å². The summed E-state index contributed by atoms with van der Waals surface area (Å²) in [5, 5.41) is 16.8. The molecule has 0 saturated heterocycles. The lowest BCUT2D eigenvalue weighted by atomic mass is 9.86. The molecular formula is C32H38N8. The van der Waals surface area contributed by atoms with Gasteiger partial charge >= 0.3 is 0 Å². The summed E-state index contributed by atoms with van der Waals surface area (Å²) < 4.78 is 0. The molecule has 0 radical (unpaired) electrons. The predicted molar refractivity (Wildman–Crippen MR) is 162 cm³/mol. The highest BCUT2D eigenvalue weighted by Gasteiger charge is 2.28. The van der Waals surface area contributed by atoms with Gasteiger partial charge in [0.05, 0.1) is 39.8 Å². The molecule has 8 nitrogen and oxygen atoms in total. The number of rotatable bonds is 6. The Labute approximate surface area is 235 Å². The number of aromatic nitrogens is 5. The number of nitrogens with one attached hydrogen (secondary N) is 4. The van der Waals surface area contributed by atoms with Gasteiger partial charge in [0, 0.05) is 11.1 Å². The molecule has 0 saturated carbocycles. The van der Waals surface area contributed by atoms with E-state index in [1.165, 1.54) is 0 Å². The Bertz CT molecular complexity index is 1720. The minimum absolute atomic E-state index is 0.00113. The fourth-order valence-corrected chi connectivity index (χ4v) is 5.56. The minimum atomic E-state index is 0.00113. The molecule has 0 unspecified atom stereocenters. The van der Waals surface area contributed by atoms with Crippen molar-refractivity contribution in [2.24, 2.45) is 10.8 Å². The van der Waals surface area contributed by atoms with Crippen LogP contribution in [0.1, 0.15) is 71.0 Å². The quantitative estimate of drug-likeness (QED) is 0.194. The maximum absolute atomic E-state index is 10.0. The van der Waals surface area contributed by atoms with E-state index in [4.69, 9.17) is 15.0 Å². The van der Waals surface area contributed by atoms with Crippen LogP contribution in [-0.4, -0.2) is 39.0 Å². The number of benzene rings is 2. The molecule has 0 aliphatic carbocycles. The number of H-pyrrole nitrogens is 2. The van der Waals surface area contributed by atoms with Crippen LogP contribution < -0.4 is 10.6 Å². The Morgan fingerprint density at radius 2 is 1.20 bits per heavy atom. The van der Waals surface area contributed by atoms with E-state index in [9.17, 15) is 5.26 Å². The van der Waals surface area contributed by atoms with Gasteiger partial charge in [0.25, 0.3) is 0 Å². The lowest BCUT2D eigenvalue weighted by Gasteiger charge is -2.28. The molecule has 5 aromatic rings. The lowest BCUT2D eigenvalue weighted by molar-refractivity contribution is 0.277. The van der Waals surface area contributed by atoms with Crippen molar-refractivity contribution < 1.29 is 0 Å². The third-order valence-electron chi connectivity index (χ3n) is 7.46. The number of hydrogen-bond donors (Lipinski definition) is 4. The summed E-state index contributed by atoms with van der Waals surface area (Å²) in [5.74, 6) is 1.81. The molecule has 0 spiro atoms. The Morgan fingerprint density at radius 1 is 0.700 bits per heavy atom. The Kier molecular flexibility index (Phi) is 6.99. The van der Waals surface area contributed by atoms with Crippen LogP contribution in [0.15, 0.2) is 48.5 Å². The van der Waals surface area contributed by atoms with Crippen LogP contribution in [0, 0.1) is 22.2 Å². The van der Waals surface area contributed by atoms with Gasteiger partial charge in [-0.3, -0.25) is 0 Å². The molecule has 40 heavy (non-hydrogen) atoms. The van der Waals surface area contributed by atoms with Gasteiger partial charge in [-0.25, -0.2) is 15.0 Å². The molecule has 0 bridgehead atoms. The van der Waals surface area contributed by atoms with Crippen molar-refractivity contribution in [1.82, 2.24) is 35.6 Å². The molecule has 4 N–H and O–H groups in total. The number of pyridine rings is 1. The highest BCUT2D eigenvalue weighted by atomic mass is 15.0. The first-order chi connectivity index (χ1) is 18.9. The summed E-state index contributed by atoms with van der Waals surface area (Å²) in [6.45, 7) is 13.1. The molecule has 3 aromatic heterocycles. The van der Waals surface area contributed by atoms with Crippen LogP contribution in [0.25, 0.3) is 44.5 Å². The predicted octanol–water partition coefficient (Wildman–Crippen LogP) is 6.65. The Morgan fingerprint density at radius 3 is 1.68 bits per heavy atom. The molecule has 206 valence electrons. The van der Waals surface area contributed by atoms with E-state index >= 15 is 0 Å². The van der Waals surface area contributed by atoms with Gasteiger partial charge in [-0.05, 0) is 66.9 Å².